The Labute approximate surface area is 210 Å². The van der Waals surface area contributed by atoms with Crippen LogP contribution in [0, 0.1) is 0 Å². The summed E-state index contributed by atoms with van der Waals surface area (Å²) in [7, 11) is -3.53. The molecule has 188 valence electrons. The maximum absolute atomic E-state index is 12.7. The fourth-order valence-electron chi connectivity index (χ4n) is 4.44. The van der Waals surface area contributed by atoms with Crippen LogP contribution in [0.3, 0.4) is 0 Å². The molecular formula is C25H29N7O3S. The predicted octanol–water partition coefficient (Wildman–Crippen LogP) is 1.44. The van der Waals surface area contributed by atoms with Crippen LogP contribution in [-0.4, -0.2) is 83.4 Å². The summed E-state index contributed by atoms with van der Waals surface area (Å²) in [6.45, 7) is 4.07. The van der Waals surface area contributed by atoms with E-state index in [1.54, 1.807) is 24.5 Å². The topological polar surface area (TPSA) is 120 Å². The molecule has 8 rings (SSSR count). The maximum atomic E-state index is 12.7. The number of anilines is 2. The summed E-state index contributed by atoms with van der Waals surface area (Å²) in [5.74, 6) is 0.182. The Kier molecular flexibility index (Phi) is 6.95. The highest BCUT2D eigenvalue weighted by Gasteiger charge is 2.26. The SMILES string of the molecule is CS(=O)(=O)C1Cc2ccc(cn2)-c2ccnc(n2)Nc2cccc(c2)CN2CCN(CC2)CC(=O)N1. The lowest BCUT2D eigenvalue weighted by Crippen LogP contribution is -2.51. The van der Waals surface area contributed by atoms with Crippen LogP contribution < -0.4 is 10.6 Å². The first-order valence-corrected chi connectivity index (χ1v) is 13.8. The number of pyridine rings is 1. The molecule has 1 atom stereocenters. The fraction of sp³-hybridized carbons (Fsp3) is 0.360. The molecular weight excluding hydrogens is 478 g/mol. The number of hydrogen-bond donors (Lipinski definition) is 2. The van der Waals surface area contributed by atoms with Gasteiger partial charge in [-0.2, -0.15) is 0 Å². The molecule has 7 heterocycles. The van der Waals surface area contributed by atoms with Gasteiger partial charge in [-0.05, 0) is 35.9 Å². The van der Waals surface area contributed by atoms with Gasteiger partial charge in [0.05, 0.1) is 12.2 Å². The third kappa shape index (κ3) is 6.04. The zero-order valence-corrected chi connectivity index (χ0v) is 20.9. The molecule has 5 aliphatic heterocycles. The second-order valence-corrected chi connectivity index (χ2v) is 11.5. The van der Waals surface area contributed by atoms with Crippen molar-refractivity contribution < 1.29 is 13.2 Å². The molecule has 5 aliphatic rings. The van der Waals surface area contributed by atoms with E-state index in [-0.39, 0.29) is 18.9 Å². The van der Waals surface area contributed by atoms with Gasteiger partial charge in [-0.25, -0.2) is 18.4 Å². The minimum absolute atomic E-state index is 0.0881. The van der Waals surface area contributed by atoms with Crippen LogP contribution in [0.25, 0.3) is 11.3 Å². The number of benzene rings is 1. The molecule has 0 aliphatic carbocycles. The van der Waals surface area contributed by atoms with Crippen LogP contribution in [0.1, 0.15) is 11.3 Å². The van der Waals surface area contributed by atoms with Crippen LogP contribution in [0.4, 0.5) is 11.6 Å². The molecule has 1 aromatic carbocycles. The normalized spacial score (nSPS) is 22.8. The Morgan fingerprint density at radius 3 is 2.47 bits per heavy atom. The summed E-state index contributed by atoms with van der Waals surface area (Å²) < 4.78 is 24.9. The average Bonchev–Trinajstić information content (AvgIpc) is 2.85. The van der Waals surface area contributed by atoms with Crippen LogP contribution >= 0.6 is 0 Å². The largest absolute Gasteiger partial charge is 0.338 e. The Hall–Kier alpha value is -3.41. The minimum Gasteiger partial charge on any atom is -0.338 e. The number of rotatable bonds is 1. The standard InChI is InChI=1S/C25H29N7O3S/c1-36(34,35)24-14-20-6-5-19(15-27-20)22-7-8-26-25(29-22)28-21-4-2-3-18(13-21)16-31-9-11-32(12-10-31)17-23(33)30-24/h2-8,13,15,24H,9-12,14,16-17H2,1H3,(H,30,33)(H,26,28,29). The molecule has 2 aromatic heterocycles. The highest BCUT2D eigenvalue weighted by Crippen LogP contribution is 2.21. The van der Waals surface area contributed by atoms with E-state index in [0.29, 0.717) is 17.3 Å². The number of carbonyl (C=O) groups excluding carboxylic acids is 1. The summed E-state index contributed by atoms with van der Waals surface area (Å²) >= 11 is 0. The van der Waals surface area contributed by atoms with Crippen LogP contribution in [0.5, 0.6) is 0 Å². The molecule has 10 nitrogen and oxygen atoms in total. The van der Waals surface area contributed by atoms with Crippen molar-refractivity contribution in [1.29, 1.82) is 0 Å². The van der Waals surface area contributed by atoms with Crippen molar-refractivity contribution in [3.8, 4) is 11.3 Å². The molecule has 0 saturated carbocycles. The summed E-state index contributed by atoms with van der Waals surface area (Å²) in [6, 6.07) is 13.6. The van der Waals surface area contributed by atoms with E-state index in [2.05, 4.69) is 47.5 Å². The first-order chi connectivity index (χ1) is 17.3. The average molecular weight is 508 g/mol. The van der Waals surface area contributed by atoms with E-state index >= 15 is 0 Å². The van der Waals surface area contributed by atoms with Gasteiger partial charge in [0.2, 0.25) is 11.9 Å². The molecule has 2 N–H and O–H groups in total. The molecule has 3 aromatic rings. The van der Waals surface area contributed by atoms with Crippen LogP contribution in [0.2, 0.25) is 0 Å². The van der Waals surface area contributed by atoms with Gasteiger partial charge in [0.15, 0.2) is 9.84 Å². The van der Waals surface area contributed by atoms with Crippen LogP contribution in [0.15, 0.2) is 54.9 Å². The molecule has 1 amide bonds. The Morgan fingerprint density at radius 1 is 0.972 bits per heavy atom. The second kappa shape index (κ2) is 10.3. The van der Waals surface area contributed by atoms with E-state index in [9.17, 15) is 13.2 Å². The smallest absolute Gasteiger partial charge is 0.235 e. The predicted molar refractivity (Wildman–Crippen MR) is 137 cm³/mol. The van der Waals surface area contributed by atoms with Crippen LogP contribution in [-0.2, 0) is 27.6 Å². The molecule has 11 heteroatoms. The van der Waals surface area contributed by atoms with Gasteiger partial charge in [0.25, 0.3) is 0 Å². The first-order valence-electron chi connectivity index (χ1n) is 11.9. The minimum atomic E-state index is -3.53. The summed E-state index contributed by atoms with van der Waals surface area (Å²) in [6.07, 6.45) is 4.57. The molecule has 1 fully saturated rings. The van der Waals surface area contributed by atoms with Gasteiger partial charge in [0.1, 0.15) is 5.37 Å². The zero-order chi connectivity index (χ0) is 25.1. The Balaban J connectivity index is 1.46. The summed E-state index contributed by atoms with van der Waals surface area (Å²) in [4.78, 5) is 30.6. The van der Waals surface area contributed by atoms with Gasteiger partial charge in [-0.3, -0.25) is 19.6 Å². The zero-order valence-electron chi connectivity index (χ0n) is 20.1. The molecule has 8 bridgehead atoms. The number of hydrogen-bond acceptors (Lipinski definition) is 9. The molecule has 0 radical (unpaired) electrons. The van der Waals surface area contributed by atoms with E-state index in [4.69, 9.17) is 0 Å². The van der Waals surface area contributed by atoms with Gasteiger partial charge >= 0.3 is 0 Å². The number of carbonyl (C=O) groups is 1. The molecule has 1 saturated heterocycles. The third-order valence-electron chi connectivity index (χ3n) is 6.43. The lowest BCUT2D eigenvalue weighted by atomic mass is 10.1. The number of amides is 1. The lowest BCUT2D eigenvalue weighted by Gasteiger charge is -2.34. The molecule has 1 unspecified atom stereocenters. The second-order valence-electron chi connectivity index (χ2n) is 9.27. The van der Waals surface area contributed by atoms with E-state index in [1.807, 2.05) is 18.2 Å². The fourth-order valence-corrected chi connectivity index (χ4v) is 5.26. The van der Waals surface area contributed by atoms with Gasteiger partial charge in [-0.1, -0.05) is 12.1 Å². The van der Waals surface area contributed by atoms with Crippen molar-refractivity contribution in [2.75, 3.05) is 44.3 Å². The Bertz CT molecular complexity index is 1340. The first kappa shape index (κ1) is 24.3. The van der Waals surface area contributed by atoms with Crippen molar-refractivity contribution in [3.63, 3.8) is 0 Å². The number of piperazine rings is 1. The summed E-state index contributed by atoms with van der Waals surface area (Å²) in [5.41, 5.74) is 4.12. The van der Waals surface area contributed by atoms with E-state index in [0.717, 1.165) is 50.2 Å². The van der Waals surface area contributed by atoms with Crippen molar-refractivity contribution in [1.82, 2.24) is 30.1 Å². The van der Waals surface area contributed by atoms with E-state index in [1.165, 1.54) is 5.56 Å². The van der Waals surface area contributed by atoms with E-state index < -0.39 is 15.2 Å². The highest BCUT2D eigenvalue weighted by atomic mass is 32.2. The van der Waals surface area contributed by atoms with Gasteiger partial charge in [0, 0.05) is 74.7 Å². The molecule has 36 heavy (non-hydrogen) atoms. The highest BCUT2D eigenvalue weighted by molar-refractivity contribution is 7.91. The monoisotopic (exact) mass is 507 g/mol. The number of aromatic nitrogens is 3. The van der Waals surface area contributed by atoms with Gasteiger partial charge < -0.3 is 10.6 Å². The van der Waals surface area contributed by atoms with Gasteiger partial charge in [-0.15, -0.1) is 0 Å². The number of nitrogens with zero attached hydrogens (tertiary/aromatic N) is 5. The van der Waals surface area contributed by atoms with Crippen molar-refractivity contribution in [3.05, 3.63) is 66.1 Å². The third-order valence-corrected chi connectivity index (χ3v) is 7.75. The Morgan fingerprint density at radius 2 is 1.75 bits per heavy atom. The lowest BCUT2D eigenvalue weighted by molar-refractivity contribution is -0.122. The number of nitrogens with one attached hydrogen (secondary N) is 2. The van der Waals surface area contributed by atoms with Crippen molar-refractivity contribution in [2.24, 2.45) is 0 Å². The maximum Gasteiger partial charge on any atom is 0.235 e. The quantitative estimate of drug-likeness (QED) is 0.504. The summed E-state index contributed by atoms with van der Waals surface area (Å²) in [5, 5.41) is 4.96. The van der Waals surface area contributed by atoms with Crippen molar-refractivity contribution in [2.45, 2.75) is 18.3 Å². The van der Waals surface area contributed by atoms with Crippen molar-refractivity contribution >= 4 is 27.4 Å². The molecule has 0 spiro atoms. The number of sulfone groups is 1.